The lowest BCUT2D eigenvalue weighted by Crippen LogP contribution is -1.95. The molecule has 0 spiro atoms. The van der Waals surface area contributed by atoms with E-state index in [0.29, 0.717) is 4.57 Å². The number of nitrogen functional groups attached to an aromatic ring is 1. The van der Waals surface area contributed by atoms with E-state index in [1.54, 1.807) is 0 Å². The topological polar surface area (TPSA) is 43.8 Å². The highest BCUT2D eigenvalue weighted by Gasteiger charge is 1.98. The summed E-state index contributed by atoms with van der Waals surface area (Å²) >= 11 is 0. The summed E-state index contributed by atoms with van der Waals surface area (Å²) in [6, 6.07) is -2.30. The average molecular weight is 182 g/mol. The lowest BCUT2D eigenvalue weighted by atomic mass is 10.3. The van der Waals surface area contributed by atoms with Crippen molar-refractivity contribution in [3.63, 3.8) is 0 Å². The van der Waals surface area contributed by atoms with Crippen LogP contribution in [0.5, 0.6) is 0 Å². The molecule has 1 heterocycles. The largest absolute Gasteiger partial charge is 0.399 e. The van der Waals surface area contributed by atoms with Gasteiger partial charge in [-0.3, -0.25) is 0 Å². The molecule has 3 heteroatoms. The number of imidazole rings is 1. The van der Waals surface area contributed by atoms with Crippen molar-refractivity contribution in [3.8, 4) is 5.69 Å². The monoisotopic (exact) mass is 182 g/mol. The quantitative estimate of drug-likeness (QED) is 0.683. The van der Waals surface area contributed by atoms with E-state index in [4.69, 9.17) is 18.1 Å². The van der Waals surface area contributed by atoms with Crippen molar-refractivity contribution >= 4 is 5.69 Å². The number of hydrogen-bond acceptors (Lipinski definition) is 2. The molecule has 0 aliphatic heterocycles. The predicted molar refractivity (Wildman–Crippen MR) is 52.7 cm³/mol. The highest BCUT2D eigenvalue weighted by molar-refractivity contribution is 5.45. The highest BCUT2D eigenvalue weighted by Crippen LogP contribution is 2.11. The van der Waals surface area contributed by atoms with Crippen molar-refractivity contribution in [2.24, 2.45) is 0 Å². The summed E-state index contributed by atoms with van der Waals surface area (Å²) in [5.74, 6) is -0.673. The molecule has 2 N–H and O–H groups in total. The third-order valence-corrected chi connectivity index (χ3v) is 1.39. The molecule has 0 radical (unpaired) electrons. The molecule has 0 aliphatic rings. The van der Waals surface area contributed by atoms with Gasteiger partial charge in [-0.1, -0.05) is 0 Å². The molecule has 0 unspecified atom stereocenters. The van der Waals surface area contributed by atoms with Gasteiger partial charge in [0.25, 0.3) is 0 Å². The molecule has 0 atom stereocenters. The number of hydrogen-bond donors (Lipinski definition) is 1. The van der Waals surface area contributed by atoms with Gasteiger partial charge < -0.3 is 10.3 Å². The normalized spacial score (nSPS) is 21.1. The smallest absolute Gasteiger partial charge is 0.110 e. The molecular formula is C10H11N3. The van der Waals surface area contributed by atoms with Gasteiger partial charge in [-0.2, -0.15) is 0 Å². The van der Waals surface area contributed by atoms with Gasteiger partial charge in [0.15, 0.2) is 0 Å². The molecule has 13 heavy (non-hydrogen) atoms. The Hall–Kier alpha value is -1.77. The lowest BCUT2D eigenvalue weighted by molar-refractivity contribution is 0.975. The zero-order chi connectivity index (χ0) is 17.0. The van der Waals surface area contributed by atoms with Gasteiger partial charge in [-0.15, -0.1) is 0 Å². The minimum atomic E-state index is -2.79. The highest BCUT2D eigenvalue weighted by atomic mass is 15.1. The molecule has 0 aliphatic carbocycles. The van der Waals surface area contributed by atoms with Crippen LogP contribution in [0.4, 0.5) is 5.69 Å². The van der Waals surface area contributed by atoms with Crippen molar-refractivity contribution in [1.82, 2.24) is 9.55 Å². The van der Waals surface area contributed by atoms with Gasteiger partial charge in [-0.25, -0.2) is 4.98 Å². The number of nitrogens with zero attached hydrogens (tertiary/aromatic N) is 2. The fourth-order valence-corrected chi connectivity index (χ4v) is 0.820. The Morgan fingerprint density at radius 1 is 1.46 bits per heavy atom. The third kappa shape index (κ3) is 1.40. The van der Waals surface area contributed by atoms with E-state index in [2.05, 4.69) is 4.98 Å². The van der Waals surface area contributed by atoms with Crippen LogP contribution in [-0.2, 0) is 0 Å². The zero-order valence-corrected chi connectivity index (χ0v) is 6.47. The van der Waals surface area contributed by atoms with Gasteiger partial charge in [-0.05, 0) is 31.0 Å². The summed E-state index contributed by atoms with van der Waals surface area (Å²) in [5.41, 5.74) is 4.61. The SMILES string of the molecule is [2H]c1nc(C([2H])([2H])[2H])n(-c2c([2H])c([2H])c(N)c([2H])c2[2H])c1[2H]. The van der Waals surface area contributed by atoms with Crippen LogP contribution >= 0.6 is 0 Å². The van der Waals surface area contributed by atoms with Crippen LogP contribution in [0.15, 0.2) is 36.5 Å². The number of rotatable bonds is 1. The molecule has 66 valence electrons. The van der Waals surface area contributed by atoms with Crippen molar-refractivity contribution in [3.05, 3.63) is 42.3 Å². The van der Waals surface area contributed by atoms with Crippen LogP contribution in [0.2, 0.25) is 0 Å². The Morgan fingerprint density at radius 2 is 2.23 bits per heavy atom. The first kappa shape index (κ1) is 2.61. The van der Waals surface area contributed by atoms with E-state index in [1.807, 2.05) is 0 Å². The fourth-order valence-electron chi connectivity index (χ4n) is 0.820. The Bertz CT molecular complexity index is 733. The molecular weight excluding hydrogens is 162 g/mol. The minimum Gasteiger partial charge on any atom is -0.399 e. The molecule has 1 aromatic carbocycles. The Labute approximate surface area is 89.5 Å². The van der Waals surface area contributed by atoms with Crippen LogP contribution in [0.3, 0.4) is 0 Å². The van der Waals surface area contributed by atoms with E-state index in [0.717, 1.165) is 0 Å². The molecule has 2 aromatic rings. The van der Waals surface area contributed by atoms with E-state index < -0.39 is 54.9 Å². The Morgan fingerprint density at radius 3 is 2.92 bits per heavy atom. The zero-order valence-electron chi connectivity index (χ0n) is 15.5. The standard InChI is InChI=1S/C10H11N3/c1-8-12-6-7-13(8)10-4-2-9(11)3-5-10/h2-7H,11H2,1H3/i1D3,2D,3D,4D,5D,6D,7D. The number of nitrogens with two attached hydrogens (primary N) is 1. The maximum atomic E-state index is 7.87. The molecule has 1 aromatic heterocycles. The van der Waals surface area contributed by atoms with E-state index >= 15 is 0 Å². The van der Waals surface area contributed by atoms with Crippen LogP contribution in [-0.4, -0.2) is 9.55 Å². The van der Waals surface area contributed by atoms with Gasteiger partial charge in [0.05, 0.1) is 8.22 Å². The molecule has 0 saturated carbocycles. The first-order valence-corrected chi connectivity index (χ1v) is 3.41. The summed E-state index contributed by atoms with van der Waals surface area (Å²) in [6.45, 7) is -2.79. The minimum absolute atomic E-state index is 0.382. The molecule has 2 rings (SSSR count). The van der Waals surface area contributed by atoms with E-state index in [1.165, 1.54) is 0 Å². The van der Waals surface area contributed by atoms with E-state index in [-0.39, 0.29) is 5.69 Å². The van der Waals surface area contributed by atoms with Gasteiger partial charge >= 0.3 is 0 Å². The Kier molecular flexibility index (Phi) is 0.589. The van der Waals surface area contributed by atoms with Crippen molar-refractivity contribution < 1.29 is 12.3 Å². The van der Waals surface area contributed by atoms with Gasteiger partial charge in [0.1, 0.15) is 5.82 Å². The Balaban J connectivity index is 2.96. The van der Waals surface area contributed by atoms with Crippen LogP contribution < -0.4 is 5.73 Å². The van der Waals surface area contributed by atoms with Crippen molar-refractivity contribution in [2.45, 2.75) is 6.85 Å². The summed E-state index contributed by atoms with van der Waals surface area (Å²) in [4.78, 5) is 3.48. The maximum absolute atomic E-state index is 7.87. The van der Waals surface area contributed by atoms with E-state index in [9.17, 15) is 0 Å². The summed E-state index contributed by atoms with van der Waals surface area (Å²) < 4.78 is 69.2. The first-order valence-electron chi connectivity index (χ1n) is 7.91. The lowest BCUT2D eigenvalue weighted by Gasteiger charge is -2.04. The molecule has 0 amide bonds. The van der Waals surface area contributed by atoms with Crippen LogP contribution in [0, 0.1) is 6.85 Å². The number of anilines is 1. The molecule has 0 fully saturated rings. The summed E-state index contributed by atoms with van der Waals surface area (Å²) in [5, 5.41) is 0. The maximum Gasteiger partial charge on any atom is 0.110 e. The van der Waals surface area contributed by atoms with Crippen LogP contribution in [0.1, 0.15) is 18.2 Å². The van der Waals surface area contributed by atoms with Gasteiger partial charge in [0, 0.05) is 27.8 Å². The fraction of sp³-hybridized carbons (Fsp3) is 0.100. The predicted octanol–water partition coefficient (Wildman–Crippen LogP) is 1.76. The van der Waals surface area contributed by atoms with Crippen LogP contribution in [0.25, 0.3) is 5.69 Å². The van der Waals surface area contributed by atoms with Gasteiger partial charge in [0.2, 0.25) is 0 Å². The number of aromatic nitrogens is 2. The van der Waals surface area contributed by atoms with Crippen molar-refractivity contribution in [2.75, 3.05) is 5.73 Å². The summed E-state index contributed by atoms with van der Waals surface area (Å²) in [7, 11) is 0. The van der Waals surface area contributed by atoms with Crippen molar-refractivity contribution in [1.29, 1.82) is 0 Å². The number of benzene rings is 1. The molecule has 3 nitrogen and oxygen atoms in total. The summed E-state index contributed by atoms with van der Waals surface area (Å²) in [6.07, 6.45) is -1.28. The second-order valence-corrected chi connectivity index (χ2v) is 2.26. The molecule has 0 saturated heterocycles. The third-order valence-electron chi connectivity index (χ3n) is 1.39. The average Bonchev–Trinajstić information content (AvgIpc) is 2.72. The second kappa shape index (κ2) is 2.94. The molecule has 0 bridgehead atoms. The number of aryl methyl sites for hydroxylation is 1. The first-order chi connectivity index (χ1) is 9.98. The second-order valence-electron chi connectivity index (χ2n) is 2.26.